The Balaban J connectivity index is 2.52. The molecule has 0 radical (unpaired) electrons. The van der Waals surface area contributed by atoms with Crippen LogP contribution >= 0.6 is 0 Å². The molecule has 0 aliphatic carbocycles. The van der Waals surface area contributed by atoms with Gasteiger partial charge in [-0.3, -0.25) is 4.79 Å². The van der Waals surface area contributed by atoms with Gasteiger partial charge in [0.15, 0.2) is 0 Å². The molecule has 0 fully saturated rings. The molecule has 0 spiro atoms. The first-order valence-corrected chi connectivity index (χ1v) is 6.35. The van der Waals surface area contributed by atoms with E-state index in [9.17, 15) is 4.79 Å². The van der Waals surface area contributed by atoms with E-state index in [-0.39, 0.29) is 11.9 Å². The number of nitrogens with two attached hydrogens (primary N) is 1. The van der Waals surface area contributed by atoms with Gasteiger partial charge >= 0.3 is 0 Å². The third-order valence-electron chi connectivity index (χ3n) is 2.63. The second-order valence-electron chi connectivity index (χ2n) is 4.67. The van der Waals surface area contributed by atoms with Gasteiger partial charge in [-0.2, -0.15) is 0 Å². The van der Waals surface area contributed by atoms with Gasteiger partial charge in [0.1, 0.15) is 12.4 Å². The van der Waals surface area contributed by atoms with Crippen molar-refractivity contribution in [3.63, 3.8) is 0 Å². The summed E-state index contributed by atoms with van der Waals surface area (Å²) in [4.78, 5) is 13.5. The first-order chi connectivity index (χ1) is 9.02. The largest absolute Gasteiger partial charge is 0.490 e. The van der Waals surface area contributed by atoms with Crippen LogP contribution in [0.4, 0.5) is 0 Å². The molecule has 0 aromatic heterocycles. The molecule has 1 aromatic rings. The average molecular weight is 262 g/mol. The van der Waals surface area contributed by atoms with Gasteiger partial charge in [0.25, 0.3) is 0 Å². The second kappa shape index (κ2) is 7.59. The predicted octanol–water partition coefficient (Wildman–Crippen LogP) is 1.95. The van der Waals surface area contributed by atoms with E-state index in [1.165, 1.54) is 0 Å². The van der Waals surface area contributed by atoms with Crippen molar-refractivity contribution < 1.29 is 9.53 Å². The van der Waals surface area contributed by atoms with E-state index in [1.54, 1.807) is 18.0 Å². The third-order valence-corrected chi connectivity index (χ3v) is 2.63. The number of rotatable bonds is 7. The monoisotopic (exact) mass is 262 g/mol. The molecule has 19 heavy (non-hydrogen) atoms. The molecule has 1 atom stereocenters. The number of nitrogens with zero attached hydrogens (tertiary/aromatic N) is 1. The van der Waals surface area contributed by atoms with E-state index < -0.39 is 0 Å². The zero-order chi connectivity index (χ0) is 14.3. The van der Waals surface area contributed by atoms with Crippen LogP contribution in [0.25, 0.3) is 0 Å². The van der Waals surface area contributed by atoms with Gasteiger partial charge in [0.05, 0.1) is 0 Å². The number of carbonyl (C=O) groups excluding carboxylic acids is 1. The molecule has 0 saturated heterocycles. The quantitative estimate of drug-likeness (QED) is 0.764. The Bertz CT molecular complexity index is 413. The summed E-state index contributed by atoms with van der Waals surface area (Å²) in [6.07, 6.45) is 2.07. The lowest BCUT2D eigenvalue weighted by Gasteiger charge is -2.18. The normalized spacial score (nSPS) is 11.7. The van der Waals surface area contributed by atoms with Gasteiger partial charge in [-0.25, -0.2) is 0 Å². The molecule has 0 bridgehead atoms. The SMILES string of the molecule is C=CCOc1ccc(CN(C)C(=O)CC(C)N)cc1. The smallest absolute Gasteiger partial charge is 0.224 e. The Kier molecular flexibility index (Phi) is 6.09. The molecule has 0 heterocycles. The van der Waals surface area contributed by atoms with Crippen molar-refractivity contribution in [2.75, 3.05) is 13.7 Å². The number of hydrogen-bond donors (Lipinski definition) is 1. The molecule has 1 unspecified atom stereocenters. The highest BCUT2D eigenvalue weighted by molar-refractivity contribution is 5.76. The molecular weight excluding hydrogens is 240 g/mol. The fraction of sp³-hybridized carbons (Fsp3) is 0.400. The van der Waals surface area contributed by atoms with Crippen LogP contribution in [0.15, 0.2) is 36.9 Å². The van der Waals surface area contributed by atoms with Crippen LogP contribution in [-0.2, 0) is 11.3 Å². The van der Waals surface area contributed by atoms with E-state index in [4.69, 9.17) is 10.5 Å². The highest BCUT2D eigenvalue weighted by Gasteiger charge is 2.11. The number of carbonyl (C=O) groups is 1. The molecular formula is C15H22N2O2. The lowest BCUT2D eigenvalue weighted by Crippen LogP contribution is -2.31. The minimum atomic E-state index is -0.107. The molecule has 104 valence electrons. The summed E-state index contributed by atoms with van der Waals surface area (Å²) < 4.78 is 5.40. The molecule has 0 aliphatic heterocycles. The summed E-state index contributed by atoms with van der Waals surface area (Å²) in [6.45, 7) is 6.50. The Labute approximate surface area is 114 Å². The van der Waals surface area contributed by atoms with Crippen molar-refractivity contribution in [2.24, 2.45) is 5.73 Å². The summed E-state index contributed by atoms with van der Waals surface area (Å²) in [5, 5.41) is 0. The number of amides is 1. The van der Waals surface area contributed by atoms with Gasteiger partial charge < -0.3 is 15.4 Å². The summed E-state index contributed by atoms with van der Waals surface area (Å²) in [5.74, 6) is 0.857. The van der Waals surface area contributed by atoms with Crippen LogP contribution in [-0.4, -0.2) is 30.5 Å². The first kappa shape index (κ1) is 15.2. The Morgan fingerprint density at radius 3 is 2.63 bits per heavy atom. The van der Waals surface area contributed by atoms with Gasteiger partial charge in [-0.15, -0.1) is 0 Å². The Hall–Kier alpha value is -1.81. The van der Waals surface area contributed by atoms with Crippen LogP contribution in [0.2, 0.25) is 0 Å². The number of hydrogen-bond acceptors (Lipinski definition) is 3. The molecule has 4 heteroatoms. The maximum atomic E-state index is 11.8. The maximum Gasteiger partial charge on any atom is 0.224 e. The van der Waals surface area contributed by atoms with Gasteiger partial charge in [-0.1, -0.05) is 24.8 Å². The molecule has 0 saturated carbocycles. The molecule has 0 aliphatic rings. The van der Waals surface area contributed by atoms with Crippen molar-refractivity contribution in [3.05, 3.63) is 42.5 Å². The standard InChI is InChI=1S/C15H22N2O2/c1-4-9-19-14-7-5-13(6-8-14)11-17(3)15(18)10-12(2)16/h4-8,12H,1,9-11,16H2,2-3H3. The highest BCUT2D eigenvalue weighted by atomic mass is 16.5. The molecule has 1 aromatic carbocycles. The molecule has 2 N–H and O–H groups in total. The number of ether oxygens (including phenoxy) is 1. The van der Waals surface area contributed by atoms with E-state index in [0.29, 0.717) is 19.6 Å². The Morgan fingerprint density at radius 1 is 1.47 bits per heavy atom. The van der Waals surface area contributed by atoms with E-state index in [2.05, 4.69) is 6.58 Å². The first-order valence-electron chi connectivity index (χ1n) is 6.35. The average Bonchev–Trinajstić information content (AvgIpc) is 2.37. The van der Waals surface area contributed by atoms with Crippen molar-refractivity contribution in [1.29, 1.82) is 0 Å². The zero-order valence-electron chi connectivity index (χ0n) is 11.6. The summed E-state index contributed by atoms with van der Waals surface area (Å²) in [7, 11) is 1.78. The van der Waals surface area contributed by atoms with Crippen LogP contribution in [0, 0.1) is 0 Å². The predicted molar refractivity (Wildman–Crippen MR) is 76.9 cm³/mol. The number of benzene rings is 1. The fourth-order valence-corrected chi connectivity index (χ4v) is 1.64. The van der Waals surface area contributed by atoms with E-state index in [1.807, 2.05) is 31.2 Å². The molecule has 1 amide bonds. The van der Waals surface area contributed by atoms with Crippen molar-refractivity contribution in [2.45, 2.75) is 25.9 Å². The maximum absolute atomic E-state index is 11.8. The summed E-state index contributed by atoms with van der Waals surface area (Å²) in [6, 6.07) is 7.58. The fourth-order valence-electron chi connectivity index (χ4n) is 1.64. The Morgan fingerprint density at radius 2 is 2.11 bits per heavy atom. The van der Waals surface area contributed by atoms with Gasteiger partial charge in [0, 0.05) is 26.1 Å². The van der Waals surface area contributed by atoms with Crippen LogP contribution in [0.5, 0.6) is 5.75 Å². The lowest BCUT2D eigenvalue weighted by molar-refractivity contribution is -0.130. The van der Waals surface area contributed by atoms with Crippen molar-refractivity contribution in [1.82, 2.24) is 4.90 Å². The minimum absolute atomic E-state index is 0.0574. The van der Waals surface area contributed by atoms with Crippen LogP contribution in [0.3, 0.4) is 0 Å². The van der Waals surface area contributed by atoms with Gasteiger partial charge in [-0.05, 0) is 24.6 Å². The second-order valence-corrected chi connectivity index (χ2v) is 4.67. The lowest BCUT2D eigenvalue weighted by atomic mass is 10.2. The zero-order valence-corrected chi connectivity index (χ0v) is 11.6. The van der Waals surface area contributed by atoms with Crippen LogP contribution in [0.1, 0.15) is 18.9 Å². The van der Waals surface area contributed by atoms with Gasteiger partial charge in [0.2, 0.25) is 5.91 Å². The van der Waals surface area contributed by atoms with Crippen molar-refractivity contribution >= 4 is 5.91 Å². The molecule has 4 nitrogen and oxygen atoms in total. The van der Waals surface area contributed by atoms with E-state index >= 15 is 0 Å². The highest BCUT2D eigenvalue weighted by Crippen LogP contribution is 2.13. The summed E-state index contributed by atoms with van der Waals surface area (Å²) in [5.41, 5.74) is 6.68. The van der Waals surface area contributed by atoms with E-state index in [0.717, 1.165) is 11.3 Å². The minimum Gasteiger partial charge on any atom is -0.490 e. The third kappa shape index (κ3) is 5.57. The molecule has 1 rings (SSSR count). The topological polar surface area (TPSA) is 55.6 Å². The van der Waals surface area contributed by atoms with Crippen LogP contribution < -0.4 is 10.5 Å². The summed E-state index contributed by atoms with van der Waals surface area (Å²) >= 11 is 0. The van der Waals surface area contributed by atoms with Crippen molar-refractivity contribution in [3.8, 4) is 5.75 Å².